The molecule has 1 heterocycles. The molecule has 0 aliphatic carbocycles. The summed E-state index contributed by atoms with van der Waals surface area (Å²) in [5.74, 6) is 0.177. The van der Waals surface area contributed by atoms with Crippen molar-refractivity contribution in [1.82, 2.24) is 0 Å². The smallest absolute Gasteiger partial charge is 0.227 e. The molecule has 1 aromatic rings. The maximum absolute atomic E-state index is 12.1. The van der Waals surface area contributed by atoms with Gasteiger partial charge in [-0.25, -0.2) is 0 Å². The molecule has 2 rings (SSSR count). The van der Waals surface area contributed by atoms with E-state index in [1.165, 1.54) is 5.56 Å². The highest BCUT2D eigenvalue weighted by atomic mass is 16.2. The van der Waals surface area contributed by atoms with E-state index in [1.54, 1.807) is 6.08 Å². The second kappa shape index (κ2) is 5.04. The fourth-order valence-corrected chi connectivity index (χ4v) is 2.24. The number of fused-ring (bicyclic) bond motifs is 1. The molecule has 2 N–H and O–H groups in total. The van der Waals surface area contributed by atoms with Gasteiger partial charge in [0.05, 0.1) is 0 Å². The third kappa shape index (κ3) is 2.49. The molecule has 0 saturated carbocycles. The number of carbonyl (C=O) groups is 1. The van der Waals surface area contributed by atoms with Gasteiger partial charge in [0, 0.05) is 24.3 Å². The van der Waals surface area contributed by atoms with Crippen LogP contribution in [-0.2, 0) is 11.2 Å². The lowest BCUT2D eigenvalue weighted by molar-refractivity contribution is -0.118. The summed E-state index contributed by atoms with van der Waals surface area (Å²) in [7, 11) is 0. The molecule has 1 amide bonds. The van der Waals surface area contributed by atoms with Gasteiger partial charge in [-0.05, 0) is 43.0 Å². The van der Waals surface area contributed by atoms with Gasteiger partial charge >= 0.3 is 0 Å². The zero-order chi connectivity index (χ0) is 12.3. The van der Waals surface area contributed by atoms with Gasteiger partial charge in [0.25, 0.3) is 0 Å². The van der Waals surface area contributed by atoms with Crippen LogP contribution in [0.1, 0.15) is 24.8 Å². The van der Waals surface area contributed by atoms with Crippen LogP contribution in [0, 0.1) is 0 Å². The summed E-state index contributed by atoms with van der Waals surface area (Å²) in [6.07, 6.45) is 5.07. The molecule has 3 nitrogen and oxygen atoms in total. The molecule has 1 aliphatic heterocycles. The van der Waals surface area contributed by atoms with Gasteiger partial charge in [-0.1, -0.05) is 6.08 Å². The Hall–Kier alpha value is -1.77. The van der Waals surface area contributed by atoms with E-state index in [0.717, 1.165) is 37.2 Å². The Bertz CT molecular complexity index is 440. The molecule has 3 heteroatoms. The maximum Gasteiger partial charge on any atom is 0.227 e. The van der Waals surface area contributed by atoms with Crippen LogP contribution >= 0.6 is 0 Å². The molecule has 0 spiro atoms. The van der Waals surface area contributed by atoms with Crippen molar-refractivity contribution < 1.29 is 4.79 Å². The Balaban J connectivity index is 2.22. The summed E-state index contributed by atoms with van der Waals surface area (Å²) in [5, 5.41) is 0. The van der Waals surface area contributed by atoms with Crippen LogP contribution < -0.4 is 10.6 Å². The molecular weight excluding hydrogens is 212 g/mol. The van der Waals surface area contributed by atoms with Crippen molar-refractivity contribution in [3.63, 3.8) is 0 Å². The first-order valence-electron chi connectivity index (χ1n) is 6.02. The number of aryl methyl sites for hydroxylation is 1. The van der Waals surface area contributed by atoms with Crippen molar-refractivity contribution in [1.29, 1.82) is 0 Å². The Morgan fingerprint density at radius 2 is 2.35 bits per heavy atom. The third-order valence-electron chi connectivity index (χ3n) is 3.09. The second-order valence-corrected chi connectivity index (χ2v) is 4.36. The van der Waals surface area contributed by atoms with Gasteiger partial charge in [-0.3, -0.25) is 4.79 Å². The maximum atomic E-state index is 12.1. The number of nitrogens with zero attached hydrogens (tertiary/aromatic N) is 1. The van der Waals surface area contributed by atoms with E-state index in [1.807, 2.05) is 23.1 Å². The highest BCUT2D eigenvalue weighted by Gasteiger charge is 2.21. The van der Waals surface area contributed by atoms with Gasteiger partial charge in [-0.2, -0.15) is 0 Å². The summed E-state index contributed by atoms with van der Waals surface area (Å²) in [5.41, 5.74) is 8.75. The molecule has 1 aliphatic rings. The van der Waals surface area contributed by atoms with Crippen molar-refractivity contribution in [3.05, 3.63) is 36.4 Å². The Kier molecular flexibility index (Phi) is 3.47. The molecule has 0 fully saturated rings. The third-order valence-corrected chi connectivity index (χ3v) is 3.09. The highest BCUT2D eigenvalue weighted by Crippen LogP contribution is 2.29. The van der Waals surface area contributed by atoms with Gasteiger partial charge in [-0.15, -0.1) is 6.58 Å². The number of carbonyl (C=O) groups excluding carboxylic acids is 1. The van der Waals surface area contributed by atoms with Gasteiger partial charge in [0.1, 0.15) is 0 Å². The molecule has 17 heavy (non-hydrogen) atoms. The van der Waals surface area contributed by atoms with E-state index >= 15 is 0 Å². The van der Waals surface area contributed by atoms with Crippen molar-refractivity contribution in [2.75, 3.05) is 17.2 Å². The van der Waals surface area contributed by atoms with E-state index in [2.05, 4.69) is 6.58 Å². The summed E-state index contributed by atoms with van der Waals surface area (Å²) >= 11 is 0. The second-order valence-electron chi connectivity index (χ2n) is 4.36. The van der Waals surface area contributed by atoms with Crippen LogP contribution in [0.3, 0.4) is 0 Å². The predicted molar refractivity (Wildman–Crippen MR) is 71.0 cm³/mol. The lowest BCUT2D eigenvalue weighted by Crippen LogP contribution is -2.35. The van der Waals surface area contributed by atoms with Crippen molar-refractivity contribution >= 4 is 17.3 Å². The highest BCUT2D eigenvalue weighted by molar-refractivity contribution is 5.94. The van der Waals surface area contributed by atoms with E-state index < -0.39 is 0 Å². The van der Waals surface area contributed by atoms with Crippen molar-refractivity contribution in [3.8, 4) is 0 Å². The zero-order valence-corrected chi connectivity index (χ0v) is 9.98. The van der Waals surface area contributed by atoms with Crippen LogP contribution in [0.4, 0.5) is 11.4 Å². The molecule has 0 aromatic heterocycles. The van der Waals surface area contributed by atoms with E-state index in [-0.39, 0.29) is 5.91 Å². The van der Waals surface area contributed by atoms with Crippen molar-refractivity contribution in [2.24, 2.45) is 0 Å². The van der Waals surface area contributed by atoms with Crippen molar-refractivity contribution in [2.45, 2.75) is 25.7 Å². The minimum Gasteiger partial charge on any atom is -0.399 e. The first kappa shape index (κ1) is 11.7. The molecule has 1 aromatic carbocycles. The molecule has 0 unspecified atom stereocenters. The topological polar surface area (TPSA) is 46.3 Å². The minimum absolute atomic E-state index is 0.177. The van der Waals surface area contributed by atoms with Gasteiger partial charge < -0.3 is 10.6 Å². The predicted octanol–water partition coefficient (Wildman–Crippen LogP) is 2.51. The number of anilines is 2. The normalized spacial score (nSPS) is 14.2. The molecule has 0 bridgehead atoms. The summed E-state index contributed by atoms with van der Waals surface area (Å²) in [6.45, 7) is 4.46. The van der Waals surface area contributed by atoms with Crippen LogP contribution in [0.15, 0.2) is 30.9 Å². The SMILES string of the molecule is C=CCCC(=O)N1CCCc2cc(N)ccc21. The van der Waals surface area contributed by atoms with Crippen LogP contribution in [-0.4, -0.2) is 12.5 Å². The lowest BCUT2D eigenvalue weighted by atomic mass is 10.0. The molecular formula is C14H18N2O. The minimum atomic E-state index is 0.177. The molecule has 0 atom stereocenters. The average molecular weight is 230 g/mol. The first-order chi connectivity index (χ1) is 8.22. The van der Waals surface area contributed by atoms with E-state index in [9.17, 15) is 4.79 Å². The first-order valence-corrected chi connectivity index (χ1v) is 6.02. The Morgan fingerprint density at radius 3 is 3.12 bits per heavy atom. The number of allylic oxidation sites excluding steroid dienone is 1. The number of hydrogen-bond acceptors (Lipinski definition) is 2. The van der Waals surface area contributed by atoms with Gasteiger partial charge in [0.15, 0.2) is 0 Å². The number of nitrogens with two attached hydrogens (primary N) is 1. The largest absolute Gasteiger partial charge is 0.399 e. The van der Waals surface area contributed by atoms with Crippen LogP contribution in [0.2, 0.25) is 0 Å². The standard InChI is InChI=1S/C14H18N2O/c1-2-3-6-14(17)16-9-4-5-11-10-12(15)7-8-13(11)16/h2,7-8,10H,1,3-6,9,15H2. The molecule has 0 saturated heterocycles. The lowest BCUT2D eigenvalue weighted by Gasteiger charge is -2.29. The monoisotopic (exact) mass is 230 g/mol. The van der Waals surface area contributed by atoms with Crippen LogP contribution in [0.5, 0.6) is 0 Å². The summed E-state index contributed by atoms with van der Waals surface area (Å²) in [6, 6.07) is 5.79. The Labute approximate surface area is 102 Å². The Morgan fingerprint density at radius 1 is 1.53 bits per heavy atom. The number of rotatable bonds is 3. The van der Waals surface area contributed by atoms with Gasteiger partial charge in [0.2, 0.25) is 5.91 Å². The number of hydrogen-bond donors (Lipinski definition) is 1. The fraction of sp³-hybridized carbons (Fsp3) is 0.357. The van der Waals surface area contributed by atoms with Crippen LogP contribution in [0.25, 0.3) is 0 Å². The average Bonchev–Trinajstić information content (AvgIpc) is 2.34. The summed E-state index contributed by atoms with van der Waals surface area (Å²) in [4.78, 5) is 13.9. The number of amides is 1. The fourth-order valence-electron chi connectivity index (χ4n) is 2.24. The summed E-state index contributed by atoms with van der Waals surface area (Å²) < 4.78 is 0. The number of benzene rings is 1. The quantitative estimate of drug-likeness (QED) is 0.640. The number of nitrogen functional groups attached to an aromatic ring is 1. The van der Waals surface area contributed by atoms with E-state index in [0.29, 0.717) is 6.42 Å². The molecule has 90 valence electrons. The molecule has 0 radical (unpaired) electrons. The zero-order valence-electron chi connectivity index (χ0n) is 9.98. The van der Waals surface area contributed by atoms with E-state index in [4.69, 9.17) is 5.73 Å².